The summed E-state index contributed by atoms with van der Waals surface area (Å²) in [6.45, 7) is 5.16. The Morgan fingerprint density at radius 3 is 2.48 bits per heavy atom. The van der Waals surface area contributed by atoms with Crippen molar-refractivity contribution in [2.24, 2.45) is 4.99 Å². The van der Waals surface area contributed by atoms with E-state index in [2.05, 4.69) is 20.9 Å². The smallest absolute Gasteiger partial charge is 0.341 e. The number of hydrogen-bond donors (Lipinski definition) is 1. The van der Waals surface area contributed by atoms with Crippen LogP contribution in [0.2, 0.25) is 0 Å². The summed E-state index contributed by atoms with van der Waals surface area (Å²) in [6.07, 6.45) is 1.66. The second-order valence-corrected chi connectivity index (χ2v) is 10.7. The zero-order chi connectivity index (χ0) is 30.6. The predicted octanol–water partition coefficient (Wildman–Crippen LogP) is 3.44. The minimum Gasteiger partial charge on any atom is -0.493 e. The van der Waals surface area contributed by atoms with Gasteiger partial charge in [-0.05, 0) is 66.5 Å². The van der Waals surface area contributed by atoms with Crippen LogP contribution in [0.1, 0.15) is 37.9 Å². The summed E-state index contributed by atoms with van der Waals surface area (Å²) >= 11 is 4.56. The van der Waals surface area contributed by atoms with E-state index in [0.717, 1.165) is 11.3 Å². The largest absolute Gasteiger partial charge is 0.493 e. The van der Waals surface area contributed by atoms with Gasteiger partial charge >= 0.3 is 11.9 Å². The minimum atomic E-state index is -1.13. The highest BCUT2D eigenvalue weighted by molar-refractivity contribution is 9.10. The fourth-order valence-corrected chi connectivity index (χ4v) is 6.16. The standard InChI is InChI=1S/C29H29BrN2O9S/c1-6-39-25-17(9-8-10-19(25)37-4)24-23(28(36)40-7-2)15(3)31-29-32(24)27(35)21(42-29)13-16-11-18(30)26(20(12-16)38-5)41-14-22(33)34/h8-13,24H,6-7,14H2,1-5H3,(H,33,34)/b21-13+/t24-/m0/s1. The van der Waals surface area contributed by atoms with Gasteiger partial charge in [0.25, 0.3) is 5.56 Å². The molecule has 0 aliphatic carbocycles. The van der Waals surface area contributed by atoms with Gasteiger partial charge in [0.05, 0.1) is 47.7 Å². The Morgan fingerprint density at radius 1 is 1.10 bits per heavy atom. The highest BCUT2D eigenvalue weighted by atomic mass is 79.9. The normalized spacial score (nSPS) is 14.6. The van der Waals surface area contributed by atoms with E-state index >= 15 is 0 Å². The number of para-hydroxylation sites is 1. The first-order chi connectivity index (χ1) is 20.1. The number of rotatable bonds is 11. The molecule has 2 heterocycles. The maximum atomic E-state index is 14.0. The Labute approximate surface area is 253 Å². The van der Waals surface area contributed by atoms with Crippen LogP contribution >= 0.6 is 27.3 Å². The number of carbonyl (C=O) groups excluding carboxylic acids is 1. The van der Waals surface area contributed by atoms with E-state index < -0.39 is 24.6 Å². The van der Waals surface area contributed by atoms with Gasteiger partial charge in [0, 0.05) is 5.56 Å². The molecule has 0 unspecified atom stereocenters. The Hall–Kier alpha value is -4.10. The summed E-state index contributed by atoms with van der Waals surface area (Å²) < 4.78 is 29.9. The molecule has 0 saturated carbocycles. The lowest BCUT2D eigenvalue weighted by Gasteiger charge is -2.26. The zero-order valence-electron chi connectivity index (χ0n) is 23.6. The van der Waals surface area contributed by atoms with Gasteiger partial charge in [-0.15, -0.1) is 0 Å². The van der Waals surface area contributed by atoms with Gasteiger partial charge in [0.1, 0.15) is 6.04 Å². The molecule has 0 radical (unpaired) electrons. The number of carbonyl (C=O) groups is 2. The lowest BCUT2D eigenvalue weighted by molar-refractivity contribution is -0.140. The van der Waals surface area contributed by atoms with E-state index in [0.29, 0.717) is 48.7 Å². The van der Waals surface area contributed by atoms with Crippen molar-refractivity contribution in [3.63, 3.8) is 0 Å². The molecule has 1 aliphatic heterocycles. The average Bonchev–Trinajstić information content (AvgIpc) is 3.25. The Bertz CT molecular complexity index is 1740. The summed E-state index contributed by atoms with van der Waals surface area (Å²) in [4.78, 5) is 43.3. The SMILES string of the molecule is CCOC(=O)C1=C(C)N=c2s/c(=C/c3cc(Br)c(OCC(=O)O)c(OC)c3)c(=O)n2[C@H]1c1cccc(OC)c1OCC. The van der Waals surface area contributed by atoms with Gasteiger partial charge in [0.2, 0.25) is 0 Å². The summed E-state index contributed by atoms with van der Waals surface area (Å²) in [7, 11) is 2.95. The number of hydrogen-bond acceptors (Lipinski definition) is 10. The van der Waals surface area contributed by atoms with Crippen LogP contribution in [-0.4, -0.2) is 55.7 Å². The van der Waals surface area contributed by atoms with E-state index in [9.17, 15) is 14.4 Å². The molecule has 222 valence electrons. The molecule has 11 nitrogen and oxygen atoms in total. The van der Waals surface area contributed by atoms with Crippen molar-refractivity contribution >= 4 is 45.3 Å². The predicted molar refractivity (Wildman–Crippen MR) is 158 cm³/mol. The van der Waals surface area contributed by atoms with Crippen LogP contribution in [0, 0.1) is 0 Å². The lowest BCUT2D eigenvalue weighted by atomic mass is 9.94. The van der Waals surface area contributed by atoms with Gasteiger partial charge in [-0.2, -0.15) is 0 Å². The van der Waals surface area contributed by atoms with E-state index in [1.165, 1.54) is 18.8 Å². The summed E-state index contributed by atoms with van der Waals surface area (Å²) in [5, 5.41) is 8.99. The van der Waals surface area contributed by atoms with Crippen molar-refractivity contribution in [2.75, 3.05) is 34.0 Å². The number of ether oxygens (including phenoxy) is 5. The van der Waals surface area contributed by atoms with Crippen molar-refractivity contribution in [2.45, 2.75) is 26.8 Å². The third-order valence-corrected chi connectivity index (χ3v) is 7.79. The van der Waals surface area contributed by atoms with E-state index in [4.69, 9.17) is 28.8 Å². The molecule has 0 fully saturated rings. The van der Waals surface area contributed by atoms with Gasteiger partial charge in [-0.1, -0.05) is 23.5 Å². The van der Waals surface area contributed by atoms with E-state index in [1.807, 2.05) is 6.92 Å². The monoisotopic (exact) mass is 660 g/mol. The number of carboxylic acids is 1. The Kier molecular flexibility index (Phi) is 9.74. The molecule has 13 heteroatoms. The van der Waals surface area contributed by atoms with Crippen LogP contribution < -0.4 is 33.8 Å². The first kappa shape index (κ1) is 30.8. The number of benzene rings is 2. The fourth-order valence-electron chi connectivity index (χ4n) is 4.54. The molecule has 42 heavy (non-hydrogen) atoms. The number of aliphatic carboxylic acids is 1. The first-order valence-corrected chi connectivity index (χ1v) is 14.5. The van der Waals surface area contributed by atoms with Crippen molar-refractivity contribution in [1.82, 2.24) is 4.57 Å². The van der Waals surface area contributed by atoms with Crippen LogP contribution in [0.4, 0.5) is 0 Å². The number of thiazole rings is 1. The number of allylic oxidation sites excluding steroid dienone is 1. The molecule has 2 aromatic carbocycles. The van der Waals surface area contributed by atoms with Crippen molar-refractivity contribution < 1.29 is 38.4 Å². The lowest BCUT2D eigenvalue weighted by Crippen LogP contribution is -2.40. The topological polar surface area (TPSA) is 135 Å². The molecule has 1 aliphatic rings. The third-order valence-electron chi connectivity index (χ3n) is 6.22. The number of nitrogens with zero attached hydrogens (tertiary/aromatic N) is 2. The van der Waals surface area contributed by atoms with Crippen LogP contribution in [-0.2, 0) is 14.3 Å². The van der Waals surface area contributed by atoms with Crippen molar-refractivity contribution in [1.29, 1.82) is 0 Å². The van der Waals surface area contributed by atoms with E-state index in [-0.39, 0.29) is 29.2 Å². The Balaban J connectivity index is 1.95. The highest BCUT2D eigenvalue weighted by Gasteiger charge is 2.36. The number of aromatic nitrogens is 1. The molecule has 0 spiro atoms. The summed E-state index contributed by atoms with van der Waals surface area (Å²) in [5.41, 5.74) is 1.38. The second-order valence-electron chi connectivity index (χ2n) is 8.83. The zero-order valence-corrected chi connectivity index (χ0v) is 26.0. The van der Waals surface area contributed by atoms with Gasteiger partial charge in [-0.3, -0.25) is 9.36 Å². The van der Waals surface area contributed by atoms with Gasteiger partial charge in [0.15, 0.2) is 34.4 Å². The molecule has 1 atom stereocenters. The maximum Gasteiger partial charge on any atom is 0.341 e. The molecule has 0 amide bonds. The van der Waals surface area contributed by atoms with E-state index in [1.54, 1.807) is 50.3 Å². The first-order valence-electron chi connectivity index (χ1n) is 12.9. The third kappa shape index (κ3) is 6.07. The molecular formula is C29H29BrN2O9S. The van der Waals surface area contributed by atoms with Crippen LogP contribution in [0.5, 0.6) is 23.0 Å². The molecule has 4 rings (SSSR count). The number of fused-ring (bicyclic) bond motifs is 1. The quantitative estimate of drug-likeness (QED) is 0.307. The van der Waals surface area contributed by atoms with Gasteiger partial charge < -0.3 is 28.8 Å². The van der Waals surface area contributed by atoms with Crippen LogP contribution in [0.15, 0.2) is 55.9 Å². The molecule has 0 bridgehead atoms. The molecule has 1 N–H and O–H groups in total. The van der Waals surface area contributed by atoms with Crippen LogP contribution in [0.25, 0.3) is 6.08 Å². The van der Waals surface area contributed by atoms with Crippen molar-refractivity contribution in [3.8, 4) is 23.0 Å². The maximum absolute atomic E-state index is 14.0. The number of methoxy groups -OCH3 is 2. The minimum absolute atomic E-state index is 0.145. The summed E-state index contributed by atoms with van der Waals surface area (Å²) in [5.74, 6) is -0.366. The molecule has 3 aromatic rings. The molecule has 1 aromatic heterocycles. The molecule has 0 saturated heterocycles. The fraction of sp³-hybridized carbons (Fsp3) is 0.310. The number of carboxylic acid groups (broad SMARTS) is 1. The summed E-state index contributed by atoms with van der Waals surface area (Å²) in [6, 6.07) is 7.70. The van der Waals surface area contributed by atoms with Crippen molar-refractivity contribution in [3.05, 3.63) is 76.9 Å². The number of esters is 1. The highest BCUT2D eigenvalue weighted by Crippen LogP contribution is 2.41. The Morgan fingerprint density at radius 2 is 1.83 bits per heavy atom. The number of halogens is 1. The second kappa shape index (κ2) is 13.3. The van der Waals surface area contributed by atoms with Gasteiger partial charge in [-0.25, -0.2) is 14.6 Å². The van der Waals surface area contributed by atoms with Crippen LogP contribution in [0.3, 0.4) is 0 Å². The molecular weight excluding hydrogens is 632 g/mol. The average molecular weight is 662 g/mol.